The molecule has 7 nitrogen and oxygen atoms in total. The highest BCUT2D eigenvalue weighted by Crippen LogP contribution is 2.33. The zero-order chi connectivity index (χ0) is 18.9. The number of rotatable bonds is 5. The smallest absolute Gasteiger partial charge is 0.256 e. The number of para-hydroxylation sites is 1. The zero-order valence-electron chi connectivity index (χ0n) is 15.8. The Morgan fingerprint density at radius 2 is 2.07 bits per heavy atom. The summed E-state index contributed by atoms with van der Waals surface area (Å²) in [4.78, 5) is 24.0. The molecule has 1 saturated carbocycles. The number of hydrogen-bond acceptors (Lipinski definition) is 4. The maximum absolute atomic E-state index is 13.3. The Kier molecular flexibility index (Phi) is 4.43. The SMILES string of the molecule is O=C(c1ccccc1-n1cncn1)N1CCCC(c2nccn2CC2CC2)C1. The molecule has 2 fully saturated rings. The largest absolute Gasteiger partial charge is 0.338 e. The van der Waals surface area contributed by atoms with Crippen LogP contribution in [-0.4, -0.2) is 48.2 Å². The molecule has 1 saturated heterocycles. The standard InChI is InChI=1S/C21H24N6O/c28-21(18-5-1-2-6-19(18)27-15-22-14-24-27)26-10-3-4-17(13-26)20-23-9-11-25(20)12-16-7-8-16/h1-2,5-6,9,11,14-17H,3-4,7-8,10,12-13H2. The fourth-order valence-corrected chi connectivity index (χ4v) is 4.14. The van der Waals surface area contributed by atoms with Gasteiger partial charge in [-0.15, -0.1) is 0 Å². The molecule has 1 atom stereocenters. The van der Waals surface area contributed by atoms with E-state index in [9.17, 15) is 4.79 Å². The Balaban J connectivity index is 1.37. The highest BCUT2D eigenvalue weighted by molar-refractivity contribution is 5.97. The summed E-state index contributed by atoms with van der Waals surface area (Å²) in [5.74, 6) is 2.29. The van der Waals surface area contributed by atoms with Crippen molar-refractivity contribution in [3.05, 3.63) is 60.7 Å². The molecular weight excluding hydrogens is 352 g/mol. The van der Waals surface area contributed by atoms with Crippen LogP contribution < -0.4 is 0 Å². The van der Waals surface area contributed by atoms with Crippen molar-refractivity contribution in [1.82, 2.24) is 29.2 Å². The summed E-state index contributed by atoms with van der Waals surface area (Å²) in [7, 11) is 0. The second-order valence-corrected chi connectivity index (χ2v) is 7.83. The van der Waals surface area contributed by atoms with E-state index in [-0.39, 0.29) is 5.91 Å². The Bertz CT molecular complexity index is 959. The molecule has 0 spiro atoms. The number of imidazole rings is 1. The van der Waals surface area contributed by atoms with Crippen LogP contribution in [0.4, 0.5) is 0 Å². The van der Waals surface area contributed by atoms with Gasteiger partial charge in [0.2, 0.25) is 0 Å². The Labute approximate surface area is 164 Å². The van der Waals surface area contributed by atoms with Crippen LogP contribution in [-0.2, 0) is 6.54 Å². The van der Waals surface area contributed by atoms with Crippen LogP contribution in [0.2, 0.25) is 0 Å². The molecule has 28 heavy (non-hydrogen) atoms. The van der Waals surface area contributed by atoms with Crippen molar-refractivity contribution in [2.75, 3.05) is 13.1 Å². The molecule has 2 aromatic heterocycles. The predicted molar refractivity (Wildman–Crippen MR) is 104 cm³/mol. The monoisotopic (exact) mass is 376 g/mol. The number of piperidine rings is 1. The van der Waals surface area contributed by atoms with Crippen LogP contribution in [0.1, 0.15) is 47.8 Å². The molecule has 2 aliphatic rings. The Morgan fingerprint density at radius 1 is 1.18 bits per heavy atom. The van der Waals surface area contributed by atoms with E-state index in [1.165, 1.54) is 19.2 Å². The number of amides is 1. The van der Waals surface area contributed by atoms with Gasteiger partial charge in [0.1, 0.15) is 18.5 Å². The van der Waals surface area contributed by atoms with Crippen molar-refractivity contribution in [2.24, 2.45) is 5.92 Å². The molecular formula is C21H24N6O. The number of hydrogen-bond donors (Lipinski definition) is 0. The normalized spacial score (nSPS) is 19.7. The van der Waals surface area contributed by atoms with E-state index < -0.39 is 0 Å². The minimum Gasteiger partial charge on any atom is -0.338 e. The molecule has 1 unspecified atom stereocenters. The van der Waals surface area contributed by atoms with Gasteiger partial charge < -0.3 is 9.47 Å². The summed E-state index contributed by atoms with van der Waals surface area (Å²) in [5, 5.41) is 4.20. The molecule has 1 aromatic carbocycles. The van der Waals surface area contributed by atoms with Gasteiger partial charge in [0.25, 0.3) is 5.91 Å². The number of carbonyl (C=O) groups is 1. The van der Waals surface area contributed by atoms with E-state index in [2.05, 4.69) is 25.8 Å². The van der Waals surface area contributed by atoms with Crippen molar-refractivity contribution in [3.8, 4) is 5.69 Å². The van der Waals surface area contributed by atoms with Gasteiger partial charge in [0, 0.05) is 37.9 Å². The fourth-order valence-electron chi connectivity index (χ4n) is 4.14. The van der Waals surface area contributed by atoms with Gasteiger partial charge in [0.15, 0.2) is 0 Å². The highest BCUT2D eigenvalue weighted by Gasteiger charge is 2.30. The number of benzene rings is 1. The minimum atomic E-state index is 0.0519. The highest BCUT2D eigenvalue weighted by atomic mass is 16.2. The summed E-state index contributed by atoms with van der Waals surface area (Å²) in [5.41, 5.74) is 1.43. The van der Waals surface area contributed by atoms with Crippen molar-refractivity contribution in [1.29, 1.82) is 0 Å². The molecule has 3 heterocycles. The average molecular weight is 376 g/mol. The van der Waals surface area contributed by atoms with Crippen molar-refractivity contribution < 1.29 is 4.79 Å². The lowest BCUT2D eigenvalue weighted by Gasteiger charge is -2.33. The predicted octanol–water partition coefficient (Wildman–Crippen LogP) is 2.89. The molecule has 0 radical (unpaired) electrons. The molecule has 3 aromatic rings. The summed E-state index contributed by atoms with van der Waals surface area (Å²) in [6.07, 6.45) is 11.8. The lowest BCUT2D eigenvalue weighted by atomic mass is 9.96. The van der Waals surface area contributed by atoms with Crippen LogP contribution in [0.25, 0.3) is 5.69 Å². The van der Waals surface area contributed by atoms with E-state index in [0.717, 1.165) is 43.4 Å². The maximum Gasteiger partial charge on any atom is 0.256 e. The van der Waals surface area contributed by atoms with E-state index >= 15 is 0 Å². The van der Waals surface area contributed by atoms with E-state index in [0.29, 0.717) is 18.0 Å². The van der Waals surface area contributed by atoms with Gasteiger partial charge in [-0.25, -0.2) is 14.6 Å². The van der Waals surface area contributed by atoms with Gasteiger partial charge in [-0.3, -0.25) is 4.79 Å². The molecule has 7 heteroatoms. The van der Waals surface area contributed by atoms with E-state index in [1.54, 1.807) is 11.0 Å². The maximum atomic E-state index is 13.3. The second kappa shape index (κ2) is 7.22. The van der Waals surface area contributed by atoms with Gasteiger partial charge >= 0.3 is 0 Å². The molecule has 5 rings (SSSR count). The molecule has 144 valence electrons. The minimum absolute atomic E-state index is 0.0519. The first-order valence-electron chi connectivity index (χ1n) is 10.0. The third-order valence-electron chi connectivity index (χ3n) is 5.77. The first-order valence-corrected chi connectivity index (χ1v) is 10.0. The van der Waals surface area contributed by atoms with Crippen LogP contribution >= 0.6 is 0 Å². The Hall–Kier alpha value is -2.96. The number of aromatic nitrogens is 5. The third kappa shape index (κ3) is 3.32. The molecule has 1 amide bonds. The van der Waals surface area contributed by atoms with Crippen molar-refractivity contribution in [3.63, 3.8) is 0 Å². The fraction of sp³-hybridized carbons (Fsp3) is 0.429. The number of likely N-dealkylation sites (tertiary alicyclic amines) is 1. The van der Waals surface area contributed by atoms with Crippen molar-refractivity contribution in [2.45, 2.75) is 38.1 Å². The molecule has 1 aliphatic carbocycles. The summed E-state index contributed by atoms with van der Waals surface area (Å²) >= 11 is 0. The van der Waals surface area contributed by atoms with Gasteiger partial charge in [0.05, 0.1) is 11.3 Å². The topological polar surface area (TPSA) is 68.8 Å². The lowest BCUT2D eigenvalue weighted by Crippen LogP contribution is -2.40. The first-order chi connectivity index (χ1) is 13.8. The molecule has 0 bridgehead atoms. The van der Waals surface area contributed by atoms with Crippen LogP contribution in [0.15, 0.2) is 49.3 Å². The van der Waals surface area contributed by atoms with Gasteiger partial charge in [-0.05, 0) is 43.7 Å². The Morgan fingerprint density at radius 3 is 2.89 bits per heavy atom. The molecule has 1 aliphatic heterocycles. The van der Waals surface area contributed by atoms with Crippen LogP contribution in [0, 0.1) is 5.92 Å². The lowest BCUT2D eigenvalue weighted by molar-refractivity contribution is 0.0703. The number of nitrogens with zero attached hydrogens (tertiary/aromatic N) is 6. The second-order valence-electron chi connectivity index (χ2n) is 7.83. The van der Waals surface area contributed by atoms with E-state index in [4.69, 9.17) is 0 Å². The summed E-state index contributed by atoms with van der Waals surface area (Å²) in [6.45, 7) is 2.56. The van der Waals surface area contributed by atoms with Gasteiger partial charge in [-0.2, -0.15) is 5.10 Å². The molecule has 0 N–H and O–H groups in total. The number of carbonyl (C=O) groups excluding carboxylic acids is 1. The zero-order valence-corrected chi connectivity index (χ0v) is 15.8. The summed E-state index contributed by atoms with van der Waals surface area (Å²) < 4.78 is 3.96. The van der Waals surface area contributed by atoms with Gasteiger partial charge in [-0.1, -0.05) is 12.1 Å². The van der Waals surface area contributed by atoms with E-state index in [1.807, 2.05) is 35.4 Å². The van der Waals surface area contributed by atoms with Crippen molar-refractivity contribution >= 4 is 5.91 Å². The van der Waals surface area contributed by atoms with Crippen LogP contribution in [0.5, 0.6) is 0 Å². The third-order valence-corrected chi connectivity index (χ3v) is 5.77. The average Bonchev–Trinajstić information content (AvgIpc) is 3.20. The first kappa shape index (κ1) is 17.2. The quantitative estimate of drug-likeness (QED) is 0.687. The summed E-state index contributed by atoms with van der Waals surface area (Å²) in [6, 6.07) is 7.60. The van der Waals surface area contributed by atoms with Crippen LogP contribution in [0.3, 0.4) is 0 Å².